The number of rotatable bonds is 10. The van der Waals surface area contributed by atoms with Crippen molar-refractivity contribution in [3.8, 4) is 0 Å². The summed E-state index contributed by atoms with van der Waals surface area (Å²) < 4.78 is 20.5. The third kappa shape index (κ3) is 6.81. The average Bonchev–Trinajstić information content (AvgIpc) is 2.91. The summed E-state index contributed by atoms with van der Waals surface area (Å²) in [5.74, 6) is -1.67. The van der Waals surface area contributed by atoms with Gasteiger partial charge in [-0.2, -0.15) is 5.10 Å². The fraction of sp³-hybridized carbons (Fsp3) is 0.448. The van der Waals surface area contributed by atoms with Crippen LogP contribution in [0.2, 0.25) is 0 Å². The largest absolute Gasteiger partial charge is 0.466 e. The predicted octanol–water partition coefficient (Wildman–Crippen LogP) is 2.59. The number of amides is 1. The molecule has 208 valence electrons. The molecule has 0 saturated carbocycles. The molecule has 3 aromatic rings. The summed E-state index contributed by atoms with van der Waals surface area (Å²) >= 11 is 0. The lowest BCUT2D eigenvalue weighted by Crippen LogP contribution is -2.47. The first-order valence-electron chi connectivity index (χ1n) is 13.4. The Morgan fingerprint density at radius 1 is 1.08 bits per heavy atom. The highest BCUT2D eigenvalue weighted by Gasteiger charge is 2.20. The molecule has 0 radical (unpaired) electrons. The van der Waals surface area contributed by atoms with Gasteiger partial charge in [-0.3, -0.25) is 19.3 Å². The van der Waals surface area contributed by atoms with Gasteiger partial charge >= 0.3 is 5.97 Å². The highest BCUT2D eigenvalue weighted by atomic mass is 19.1. The number of fused-ring (bicyclic) bond motifs is 1. The van der Waals surface area contributed by atoms with Crippen molar-refractivity contribution in [1.82, 2.24) is 20.0 Å². The normalized spacial score (nSPS) is 14.0. The van der Waals surface area contributed by atoms with Crippen molar-refractivity contribution < 1.29 is 18.7 Å². The number of aryl methyl sites for hydroxylation is 1. The summed E-state index contributed by atoms with van der Waals surface area (Å²) in [5, 5.41) is 7.08. The van der Waals surface area contributed by atoms with Crippen LogP contribution in [0.25, 0.3) is 10.8 Å². The molecule has 0 spiro atoms. The van der Waals surface area contributed by atoms with Crippen molar-refractivity contribution in [2.24, 2.45) is 0 Å². The molecular formula is C29H36FN5O4. The lowest BCUT2D eigenvalue weighted by Gasteiger charge is -2.37. The Kier molecular flexibility index (Phi) is 9.29. The fourth-order valence-electron chi connectivity index (χ4n) is 4.96. The molecule has 9 nitrogen and oxygen atoms in total. The van der Waals surface area contributed by atoms with E-state index in [0.29, 0.717) is 6.54 Å². The maximum Gasteiger partial charge on any atom is 0.311 e. The molecule has 1 aromatic heterocycles. The number of ether oxygens (including phenoxy) is 1. The van der Waals surface area contributed by atoms with Crippen LogP contribution in [0.5, 0.6) is 0 Å². The number of anilines is 1. The fourth-order valence-corrected chi connectivity index (χ4v) is 4.96. The Labute approximate surface area is 227 Å². The molecule has 1 fully saturated rings. The number of hydrogen-bond acceptors (Lipinski definition) is 7. The van der Waals surface area contributed by atoms with Gasteiger partial charge in [-0.15, -0.1) is 0 Å². The minimum Gasteiger partial charge on any atom is -0.466 e. The Balaban J connectivity index is 1.30. The summed E-state index contributed by atoms with van der Waals surface area (Å²) in [5.41, 5.74) is 3.39. The number of halogens is 1. The average molecular weight is 538 g/mol. The Bertz CT molecular complexity index is 1400. The minimum absolute atomic E-state index is 0.190. The van der Waals surface area contributed by atoms with Gasteiger partial charge in [-0.25, -0.2) is 9.07 Å². The quantitative estimate of drug-likeness (QED) is 0.314. The number of carbonyl (C=O) groups excluding carboxylic acids is 2. The van der Waals surface area contributed by atoms with E-state index < -0.39 is 23.3 Å². The van der Waals surface area contributed by atoms with E-state index in [1.54, 1.807) is 6.92 Å². The third-order valence-corrected chi connectivity index (χ3v) is 7.19. The van der Waals surface area contributed by atoms with Crippen molar-refractivity contribution in [3.05, 3.63) is 69.4 Å². The summed E-state index contributed by atoms with van der Waals surface area (Å²) in [6.45, 7) is 10.9. The molecule has 1 amide bonds. The molecule has 2 aromatic carbocycles. The van der Waals surface area contributed by atoms with Crippen molar-refractivity contribution in [3.63, 3.8) is 0 Å². The van der Waals surface area contributed by atoms with Crippen LogP contribution in [-0.2, 0) is 27.3 Å². The minimum atomic E-state index is -0.725. The molecule has 0 unspecified atom stereocenters. The SMILES string of the molecule is CCOC(=O)Cc1nn(CC(=O)NCCCN2CCN(c3cccc(C)c3C)CC2)c(=O)c2c(F)cccc12. The Morgan fingerprint density at radius 2 is 1.82 bits per heavy atom. The van der Waals surface area contributed by atoms with Crippen LogP contribution < -0.4 is 15.8 Å². The van der Waals surface area contributed by atoms with Crippen LogP contribution in [0.15, 0.2) is 41.2 Å². The van der Waals surface area contributed by atoms with Crippen molar-refractivity contribution >= 4 is 28.3 Å². The zero-order chi connectivity index (χ0) is 27.9. The molecule has 4 rings (SSSR count). The second-order valence-corrected chi connectivity index (χ2v) is 9.80. The summed E-state index contributed by atoms with van der Waals surface area (Å²) in [7, 11) is 0. The van der Waals surface area contributed by atoms with Gasteiger partial charge in [0.2, 0.25) is 5.91 Å². The Hall–Kier alpha value is -3.79. The van der Waals surface area contributed by atoms with Gasteiger partial charge in [0.1, 0.15) is 12.4 Å². The van der Waals surface area contributed by atoms with Crippen LogP contribution in [0, 0.1) is 19.7 Å². The van der Waals surface area contributed by atoms with E-state index >= 15 is 0 Å². The highest BCUT2D eigenvalue weighted by Crippen LogP contribution is 2.24. The molecule has 0 aliphatic carbocycles. The standard InChI is InChI=1S/C29H36FN5O4/c1-4-39-27(37)18-24-22-9-6-10-23(30)28(22)29(38)35(32-24)19-26(36)31-12-7-13-33-14-16-34(17-15-33)25-11-5-8-20(2)21(25)3/h5-6,8-11H,4,7,12-19H2,1-3H3,(H,31,36). The predicted molar refractivity (Wildman–Crippen MR) is 148 cm³/mol. The molecule has 0 bridgehead atoms. The van der Waals surface area contributed by atoms with E-state index in [2.05, 4.69) is 52.3 Å². The van der Waals surface area contributed by atoms with Crippen molar-refractivity contribution in [2.75, 3.05) is 50.8 Å². The summed E-state index contributed by atoms with van der Waals surface area (Å²) in [4.78, 5) is 42.4. The van der Waals surface area contributed by atoms with Gasteiger partial charge in [-0.1, -0.05) is 24.3 Å². The van der Waals surface area contributed by atoms with Crippen molar-refractivity contribution in [1.29, 1.82) is 0 Å². The number of nitrogens with one attached hydrogen (secondary N) is 1. The van der Waals surface area contributed by atoms with Gasteiger partial charge in [-0.05, 0) is 57.0 Å². The van der Waals surface area contributed by atoms with E-state index in [-0.39, 0.29) is 36.0 Å². The number of aromatic nitrogens is 2. The first-order valence-corrected chi connectivity index (χ1v) is 13.4. The third-order valence-electron chi connectivity index (χ3n) is 7.19. The zero-order valence-electron chi connectivity index (χ0n) is 22.8. The van der Waals surface area contributed by atoms with Gasteiger partial charge in [0, 0.05) is 43.8 Å². The molecule has 1 aliphatic heterocycles. The number of piperazine rings is 1. The first-order chi connectivity index (χ1) is 18.8. The molecule has 0 atom stereocenters. The summed E-state index contributed by atoms with van der Waals surface area (Å²) in [6, 6.07) is 10.6. The maximum absolute atomic E-state index is 14.5. The van der Waals surface area contributed by atoms with E-state index in [0.717, 1.165) is 43.8 Å². The molecule has 10 heteroatoms. The molecule has 1 saturated heterocycles. The van der Waals surface area contributed by atoms with Gasteiger partial charge in [0.05, 0.1) is 24.1 Å². The first kappa shape index (κ1) is 28.2. The molecular weight excluding hydrogens is 501 g/mol. The van der Waals surface area contributed by atoms with E-state index in [1.165, 1.54) is 35.0 Å². The topological polar surface area (TPSA) is 96.8 Å². The van der Waals surface area contributed by atoms with Gasteiger partial charge in [0.15, 0.2) is 0 Å². The van der Waals surface area contributed by atoms with Crippen LogP contribution in [0.3, 0.4) is 0 Å². The van der Waals surface area contributed by atoms with Gasteiger partial charge in [0.25, 0.3) is 5.56 Å². The highest BCUT2D eigenvalue weighted by molar-refractivity contribution is 5.87. The monoisotopic (exact) mass is 537 g/mol. The van der Waals surface area contributed by atoms with Crippen molar-refractivity contribution in [2.45, 2.75) is 40.2 Å². The van der Waals surface area contributed by atoms with Gasteiger partial charge < -0.3 is 15.0 Å². The molecule has 1 aliphatic rings. The van der Waals surface area contributed by atoms with Crippen LogP contribution >= 0.6 is 0 Å². The molecule has 2 heterocycles. The van der Waals surface area contributed by atoms with E-state index in [4.69, 9.17) is 4.74 Å². The second kappa shape index (κ2) is 12.8. The van der Waals surface area contributed by atoms with Crippen LogP contribution in [0.4, 0.5) is 10.1 Å². The Morgan fingerprint density at radius 3 is 2.56 bits per heavy atom. The smallest absolute Gasteiger partial charge is 0.311 e. The number of benzene rings is 2. The number of nitrogens with zero attached hydrogens (tertiary/aromatic N) is 4. The molecule has 1 N–H and O–H groups in total. The summed E-state index contributed by atoms with van der Waals surface area (Å²) in [6.07, 6.45) is 0.532. The van der Waals surface area contributed by atoms with Crippen LogP contribution in [-0.4, -0.2) is 72.4 Å². The molecule has 39 heavy (non-hydrogen) atoms. The second-order valence-electron chi connectivity index (χ2n) is 9.80. The maximum atomic E-state index is 14.5. The zero-order valence-corrected chi connectivity index (χ0v) is 22.8. The number of esters is 1. The van der Waals surface area contributed by atoms with E-state index in [1.807, 2.05) is 0 Å². The lowest BCUT2D eigenvalue weighted by molar-refractivity contribution is -0.142. The number of carbonyl (C=O) groups is 2. The van der Waals surface area contributed by atoms with Crippen LogP contribution in [0.1, 0.15) is 30.2 Å². The van der Waals surface area contributed by atoms with E-state index in [9.17, 15) is 18.8 Å². The number of hydrogen-bond donors (Lipinski definition) is 1. The lowest BCUT2D eigenvalue weighted by atomic mass is 10.1.